The molecule has 3 rings (SSSR count). The molecular weight excluding hydrogens is 248 g/mol. The molecule has 2 aromatic carbocycles. The number of methoxy groups -OCH3 is 1. The molecule has 1 N–H and O–H groups in total. The highest BCUT2D eigenvalue weighted by Gasteiger charge is 2.28. The van der Waals surface area contributed by atoms with Crippen LogP contribution in [-0.4, -0.2) is 18.3 Å². The van der Waals surface area contributed by atoms with Crippen molar-refractivity contribution in [2.75, 3.05) is 7.11 Å². The predicted molar refractivity (Wildman–Crippen MR) is 80.2 cm³/mol. The van der Waals surface area contributed by atoms with Crippen LogP contribution >= 0.6 is 0 Å². The van der Waals surface area contributed by atoms with E-state index in [9.17, 15) is 5.11 Å². The Balaban J connectivity index is 1.75. The topological polar surface area (TPSA) is 29.5 Å². The summed E-state index contributed by atoms with van der Waals surface area (Å²) in [5.74, 6) is 1.11. The van der Waals surface area contributed by atoms with E-state index in [1.54, 1.807) is 7.11 Å². The van der Waals surface area contributed by atoms with E-state index in [0.29, 0.717) is 6.42 Å². The van der Waals surface area contributed by atoms with E-state index < -0.39 is 0 Å². The van der Waals surface area contributed by atoms with Crippen molar-refractivity contribution in [2.24, 2.45) is 0 Å². The van der Waals surface area contributed by atoms with Crippen molar-refractivity contribution in [3.63, 3.8) is 0 Å². The molecule has 0 saturated heterocycles. The fraction of sp³-hybridized carbons (Fsp3) is 0.333. The average Bonchev–Trinajstić information content (AvgIpc) is 2.91. The second-order valence-corrected chi connectivity index (χ2v) is 5.47. The van der Waals surface area contributed by atoms with Gasteiger partial charge in [0.25, 0.3) is 0 Å². The Morgan fingerprint density at radius 3 is 2.90 bits per heavy atom. The Morgan fingerprint density at radius 2 is 2.05 bits per heavy atom. The van der Waals surface area contributed by atoms with Crippen LogP contribution in [0, 0.1) is 0 Å². The monoisotopic (exact) mass is 268 g/mol. The third-order valence-corrected chi connectivity index (χ3v) is 4.22. The van der Waals surface area contributed by atoms with Gasteiger partial charge in [-0.2, -0.15) is 0 Å². The zero-order valence-corrected chi connectivity index (χ0v) is 11.8. The summed E-state index contributed by atoms with van der Waals surface area (Å²) in [5.41, 5.74) is 3.84. The summed E-state index contributed by atoms with van der Waals surface area (Å²) in [7, 11) is 1.67. The lowest BCUT2D eigenvalue weighted by Crippen LogP contribution is -2.19. The first-order chi connectivity index (χ1) is 9.78. The number of benzene rings is 2. The van der Waals surface area contributed by atoms with E-state index in [4.69, 9.17) is 4.74 Å². The number of ether oxygens (including phenoxy) is 1. The van der Waals surface area contributed by atoms with E-state index in [2.05, 4.69) is 24.3 Å². The Kier molecular flexibility index (Phi) is 3.75. The van der Waals surface area contributed by atoms with Gasteiger partial charge in [-0.1, -0.05) is 36.4 Å². The molecule has 104 valence electrons. The summed E-state index contributed by atoms with van der Waals surface area (Å²) in [6, 6.07) is 16.4. The van der Waals surface area contributed by atoms with Crippen LogP contribution < -0.4 is 4.74 Å². The molecule has 20 heavy (non-hydrogen) atoms. The molecule has 0 heterocycles. The number of hydrogen-bond acceptors (Lipinski definition) is 2. The number of aryl methyl sites for hydroxylation is 1. The minimum absolute atomic E-state index is 0.261. The summed E-state index contributed by atoms with van der Waals surface area (Å²) in [4.78, 5) is 0. The maximum atomic E-state index is 10.6. The van der Waals surface area contributed by atoms with Crippen molar-refractivity contribution in [3.8, 4) is 5.75 Å². The van der Waals surface area contributed by atoms with E-state index >= 15 is 0 Å². The van der Waals surface area contributed by atoms with Gasteiger partial charge in [0.1, 0.15) is 5.75 Å². The Morgan fingerprint density at radius 1 is 1.20 bits per heavy atom. The van der Waals surface area contributed by atoms with E-state index in [1.807, 2.05) is 24.3 Å². The number of fused-ring (bicyclic) bond motifs is 1. The first kappa shape index (κ1) is 13.2. The summed E-state index contributed by atoms with van der Waals surface area (Å²) in [6.07, 6.45) is 2.47. The molecule has 0 aliphatic heterocycles. The van der Waals surface area contributed by atoms with Gasteiger partial charge >= 0.3 is 0 Å². The molecular formula is C18H20O2. The van der Waals surface area contributed by atoms with E-state index in [1.165, 1.54) is 11.1 Å². The fourth-order valence-electron chi connectivity index (χ4n) is 3.17. The highest BCUT2D eigenvalue weighted by Crippen LogP contribution is 2.36. The summed E-state index contributed by atoms with van der Waals surface area (Å²) < 4.78 is 5.24. The van der Waals surface area contributed by atoms with Crippen LogP contribution in [0.3, 0.4) is 0 Å². The van der Waals surface area contributed by atoms with Gasteiger partial charge in [-0.3, -0.25) is 0 Å². The third-order valence-electron chi connectivity index (χ3n) is 4.22. The quantitative estimate of drug-likeness (QED) is 0.921. The van der Waals surface area contributed by atoms with Crippen LogP contribution in [0.1, 0.15) is 29.0 Å². The molecule has 2 unspecified atom stereocenters. The van der Waals surface area contributed by atoms with Crippen LogP contribution in [0.4, 0.5) is 0 Å². The van der Waals surface area contributed by atoms with Crippen LogP contribution in [0.2, 0.25) is 0 Å². The summed E-state index contributed by atoms with van der Waals surface area (Å²) >= 11 is 0. The number of aliphatic hydroxyl groups is 1. The first-order valence-electron chi connectivity index (χ1n) is 7.16. The predicted octanol–water partition coefficient (Wildman–Crippen LogP) is 3.33. The second-order valence-electron chi connectivity index (χ2n) is 5.47. The molecule has 0 bridgehead atoms. The maximum Gasteiger partial charge on any atom is 0.119 e. The molecule has 0 radical (unpaired) electrons. The number of hydrogen-bond donors (Lipinski definition) is 1. The van der Waals surface area contributed by atoms with Gasteiger partial charge in [-0.15, -0.1) is 0 Å². The molecule has 0 fully saturated rings. The molecule has 1 aliphatic rings. The Hall–Kier alpha value is -1.80. The van der Waals surface area contributed by atoms with Gasteiger partial charge < -0.3 is 9.84 Å². The largest absolute Gasteiger partial charge is 0.497 e. The van der Waals surface area contributed by atoms with Crippen LogP contribution in [0.15, 0.2) is 48.5 Å². The van der Waals surface area contributed by atoms with Gasteiger partial charge in [-0.05, 0) is 48.1 Å². The van der Waals surface area contributed by atoms with Gasteiger partial charge in [0.05, 0.1) is 13.2 Å². The van der Waals surface area contributed by atoms with Gasteiger partial charge in [0.15, 0.2) is 0 Å². The molecule has 2 aromatic rings. The zero-order chi connectivity index (χ0) is 13.9. The van der Waals surface area contributed by atoms with Crippen LogP contribution in [0.5, 0.6) is 5.75 Å². The van der Waals surface area contributed by atoms with Crippen molar-refractivity contribution in [3.05, 3.63) is 65.2 Å². The molecule has 0 saturated carbocycles. The second kappa shape index (κ2) is 5.68. The van der Waals surface area contributed by atoms with Gasteiger partial charge in [0, 0.05) is 5.92 Å². The molecule has 0 amide bonds. The normalized spacial score (nSPS) is 18.6. The van der Waals surface area contributed by atoms with Crippen molar-refractivity contribution in [2.45, 2.75) is 31.3 Å². The minimum atomic E-state index is -0.328. The van der Waals surface area contributed by atoms with Gasteiger partial charge in [0.2, 0.25) is 0 Å². The lowest BCUT2D eigenvalue weighted by atomic mass is 9.91. The lowest BCUT2D eigenvalue weighted by molar-refractivity contribution is 0.143. The molecule has 0 aromatic heterocycles. The van der Waals surface area contributed by atoms with Crippen LogP contribution in [0.25, 0.3) is 0 Å². The van der Waals surface area contributed by atoms with Crippen molar-refractivity contribution < 1.29 is 9.84 Å². The number of rotatable bonds is 4. The summed E-state index contributed by atoms with van der Waals surface area (Å²) in [6.45, 7) is 0. The molecule has 2 nitrogen and oxygen atoms in total. The number of aliphatic hydroxyl groups excluding tert-OH is 1. The molecule has 2 atom stereocenters. The summed E-state index contributed by atoms with van der Waals surface area (Å²) in [5, 5.41) is 10.6. The van der Waals surface area contributed by atoms with E-state index in [0.717, 1.165) is 24.2 Å². The Bertz CT molecular complexity index is 591. The SMILES string of the molecule is COc1cccc(CC(O)C2CCc3ccccc32)c1. The molecule has 1 aliphatic carbocycles. The maximum absolute atomic E-state index is 10.6. The fourth-order valence-corrected chi connectivity index (χ4v) is 3.17. The smallest absolute Gasteiger partial charge is 0.119 e. The highest BCUT2D eigenvalue weighted by molar-refractivity contribution is 5.36. The van der Waals surface area contributed by atoms with Gasteiger partial charge in [-0.25, -0.2) is 0 Å². The standard InChI is InChI=1S/C18H20O2/c1-20-15-7-4-5-13(11-15)12-18(19)17-10-9-14-6-2-3-8-16(14)17/h2-8,11,17-19H,9-10,12H2,1H3. The van der Waals surface area contributed by atoms with E-state index in [-0.39, 0.29) is 12.0 Å². The minimum Gasteiger partial charge on any atom is -0.497 e. The highest BCUT2D eigenvalue weighted by atomic mass is 16.5. The molecule has 0 spiro atoms. The zero-order valence-electron chi connectivity index (χ0n) is 11.8. The Labute approximate surface area is 120 Å². The lowest BCUT2D eigenvalue weighted by Gasteiger charge is -2.19. The average molecular weight is 268 g/mol. The van der Waals surface area contributed by atoms with Crippen molar-refractivity contribution in [1.29, 1.82) is 0 Å². The third kappa shape index (κ3) is 2.56. The molecule has 2 heteroatoms. The first-order valence-corrected chi connectivity index (χ1v) is 7.16. The van der Waals surface area contributed by atoms with Crippen LogP contribution in [-0.2, 0) is 12.8 Å². The van der Waals surface area contributed by atoms with Crippen molar-refractivity contribution in [1.82, 2.24) is 0 Å². The van der Waals surface area contributed by atoms with Crippen molar-refractivity contribution >= 4 is 0 Å².